The summed E-state index contributed by atoms with van der Waals surface area (Å²) >= 11 is 9.53. The summed E-state index contributed by atoms with van der Waals surface area (Å²) in [7, 11) is 1.59. The average Bonchev–Trinajstić information content (AvgIpc) is 4.17. The maximum absolute atomic E-state index is 14.3. The largest absolute Gasteiger partial charge is 0.473 e. The van der Waals surface area contributed by atoms with Gasteiger partial charge in [-0.25, -0.2) is 4.98 Å². The molecule has 0 radical (unpaired) electrons. The summed E-state index contributed by atoms with van der Waals surface area (Å²) in [6.07, 6.45) is 1.47. The number of likely N-dealkylation sites (tertiary alicyclic amines) is 1. The molecule has 2 N–H and O–H groups in total. The number of halogens is 1. The van der Waals surface area contributed by atoms with Crippen LogP contribution in [0.25, 0.3) is 15.4 Å². The van der Waals surface area contributed by atoms with E-state index in [1.807, 2.05) is 86.3 Å². The number of carbonyl (C=O) groups excluding carboxylic acids is 3. The minimum Gasteiger partial charge on any atom is -0.473 e. The fraction of sp³-hybridized carbons (Fsp3) is 0.440. The number of benzene rings is 2. The van der Waals surface area contributed by atoms with Crippen molar-refractivity contribution in [2.45, 2.75) is 110 Å². The normalized spacial score (nSPS) is 20.2. The lowest BCUT2D eigenvalue weighted by Crippen LogP contribution is -2.48. The van der Waals surface area contributed by atoms with Crippen molar-refractivity contribution in [1.82, 2.24) is 40.4 Å². The zero-order valence-corrected chi connectivity index (χ0v) is 42.0. The van der Waals surface area contributed by atoms with Crippen molar-refractivity contribution in [3.05, 3.63) is 115 Å². The van der Waals surface area contributed by atoms with Crippen LogP contribution in [-0.2, 0) is 30.4 Å². The lowest BCUT2D eigenvalue weighted by atomic mass is 9.89. The molecule has 1 saturated carbocycles. The second kappa shape index (κ2) is 20.7. The van der Waals surface area contributed by atoms with Crippen molar-refractivity contribution in [2.75, 3.05) is 26.9 Å². The number of methoxy groups -OCH3 is 1. The average molecular weight is 995 g/mol. The van der Waals surface area contributed by atoms with Crippen molar-refractivity contribution in [1.29, 1.82) is 0 Å². The van der Waals surface area contributed by atoms with E-state index in [9.17, 15) is 14.4 Å². The fourth-order valence-corrected chi connectivity index (χ4v) is 11.4. The topological polar surface area (TPSA) is 188 Å². The molecule has 362 valence electrons. The first-order chi connectivity index (χ1) is 33.3. The smallest absolute Gasteiger partial charge is 0.254 e. The number of fused-ring (bicyclic) bond motifs is 3. The van der Waals surface area contributed by atoms with Gasteiger partial charge >= 0.3 is 0 Å². The Labute approximate surface area is 413 Å². The van der Waals surface area contributed by atoms with E-state index in [1.54, 1.807) is 40.7 Å². The van der Waals surface area contributed by atoms with E-state index in [0.29, 0.717) is 49.0 Å². The molecule has 6 heterocycles. The molecule has 3 amide bonds. The molecular weight excluding hydrogens is 938 g/mol. The van der Waals surface area contributed by atoms with Gasteiger partial charge in [0.05, 0.1) is 47.0 Å². The highest BCUT2D eigenvalue weighted by Crippen LogP contribution is 2.40. The highest BCUT2D eigenvalue weighted by atomic mass is 35.5. The Morgan fingerprint density at radius 3 is 2.42 bits per heavy atom. The summed E-state index contributed by atoms with van der Waals surface area (Å²) in [5.41, 5.74) is 8.70. The molecule has 2 aliphatic heterocycles. The highest BCUT2D eigenvalue weighted by Gasteiger charge is 2.44. The second-order valence-corrected chi connectivity index (χ2v) is 20.8. The standard InChI is InChI=1S/C50H56ClN9O7S2/c1-26(2)43(49(63)59-24-37(64-7)20-39(59)48(62)52-23-31-8-10-33(11-9-31)46-28(4)53-25-68-46)40-22-42(58-67-40)66-17-16-65-36-18-35(19-36)54-41(61)21-38-47-57-56-30(6)60(47)50-44(27(3)29(5)69-50)45(55-38)32-12-14-34(51)15-13-32/h8-15,22,25-26,35-39,43H,16-21,23-24H2,1-7H3,(H,52,62)(H,54,61)/t35-,36+,37-,38+,39+,43?/m1/s1. The Morgan fingerprint density at radius 1 is 0.957 bits per heavy atom. The van der Waals surface area contributed by atoms with E-state index in [1.165, 1.54) is 4.88 Å². The van der Waals surface area contributed by atoms with Crippen LogP contribution >= 0.6 is 34.3 Å². The number of carbonyl (C=O) groups is 3. The molecule has 2 aromatic carbocycles. The number of hydrogen-bond acceptors (Lipinski definition) is 14. The fourth-order valence-electron chi connectivity index (χ4n) is 9.30. The zero-order chi connectivity index (χ0) is 48.5. The third kappa shape index (κ3) is 10.3. The number of nitrogens with zero attached hydrogens (tertiary/aromatic N) is 7. The van der Waals surface area contributed by atoms with E-state index in [4.69, 9.17) is 35.3 Å². The van der Waals surface area contributed by atoms with Crippen molar-refractivity contribution in [2.24, 2.45) is 10.9 Å². The number of aromatic nitrogens is 5. The van der Waals surface area contributed by atoms with Crippen LogP contribution < -0.4 is 15.4 Å². The Morgan fingerprint density at radius 2 is 1.71 bits per heavy atom. The van der Waals surface area contributed by atoms with Crippen LogP contribution in [0.1, 0.15) is 102 Å². The van der Waals surface area contributed by atoms with E-state index in [2.05, 4.69) is 44.8 Å². The summed E-state index contributed by atoms with van der Waals surface area (Å²) in [4.78, 5) is 55.0. The predicted octanol–water partition coefficient (Wildman–Crippen LogP) is 8.02. The van der Waals surface area contributed by atoms with E-state index in [0.717, 1.165) is 54.9 Å². The Bertz CT molecular complexity index is 2850. The SMILES string of the molecule is CO[C@@H]1C[C@@H](C(=O)NCc2ccc(-c3scnc3C)cc2)N(C(=O)C(c2cc(OCCO[C@H]3C[C@@H](NC(=O)C[C@@H]4N=C(c5ccc(Cl)cc5)c5c(sc(C)c5C)-n5c(C)nnc54)C3)no2)C(C)C)C1. The number of aliphatic imine (C=N–C) groups is 1. The van der Waals surface area contributed by atoms with Crippen LogP contribution in [0.15, 0.2) is 69.6 Å². The number of thiazole rings is 1. The van der Waals surface area contributed by atoms with Gasteiger partial charge in [0.15, 0.2) is 11.6 Å². The number of nitrogens with one attached hydrogen (secondary N) is 2. The molecule has 69 heavy (non-hydrogen) atoms. The van der Waals surface area contributed by atoms with Gasteiger partial charge in [-0.2, -0.15) is 0 Å². The molecule has 1 saturated heterocycles. The molecule has 3 aliphatic rings. The van der Waals surface area contributed by atoms with Crippen LogP contribution in [0.5, 0.6) is 5.88 Å². The molecular formula is C50H56ClN9O7S2. The number of amides is 3. The first kappa shape index (κ1) is 48.2. The van der Waals surface area contributed by atoms with E-state index >= 15 is 0 Å². The molecule has 6 aromatic rings. The van der Waals surface area contributed by atoms with Crippen LogP contribution in [0.3, 0.4) is 0 Å². The molecule has 0 spiro atoms. The van der Waals surface area contributed by atoms with Gasteiger partial charge in [0.2, 0.25) is 17.7 Å². The lowest BCUT2D eigenvalue weighted by Gasteiger charge is -2.35. The zero-order valence-electron chi connectivity index (χ0n) is 39.7. The third-order valence-electron chi connectivity index (χ3n) is 13.2. The summed E-state index contributed by atoms with van der Waals surface area (Å²) in [5, 5.41) is 20.9. The molecule has 1 unspecified atom stereocenters. The summed E-state index contributed by atoms with van der Waals surface area (Å²) in [6.45, 7) is 13.1. The molecule has 9 rings (SSSR count). The quantitative estimate of drug-likeness (QED) is 0.0843. The third-order valence-corrected chi connectivity index (χ3v) is 15.7. The van der Waals surface area contributed by atoms with Gasteiger partial charge in [-0.05, 0) is 80.4 Å². The van der Waals surface area contributed by atoms with Gasteiger partial charge in [0, 0.05) is 59.8 Å². The van der Waals surface area contributed by atoms with Gasteiger partial charge in [-0.1, -0.05) is 61.8 Å². The van der Waals surface area contributed by atoms with Crippen LogP contribution in [0.4, 0.5) is 0 Å². The molecule has 2 fully saturated rings. The predicted molar refractivity (Wildman–Crippen MR) is 263 cm³/mol. The molecule has 1 aliphatic carbocycles. The van der Waals surface area contributed by atoms with Crippen molar-refractivity contribution in [3.8, 4) is 21.3 Å². The van der Waals surface area contributed by atoms with E-state index in [-0.39, 0.29) is 67.3 Å². The number of rotatable bonds is 17. The maximum atomic E-state index is 14.3. The van der Waals surface area contributed by atoms with Crippen LogP contribution in [0, 0.1) is 33.6 Å². The van der Waals surface area contributed by atoms with Crippen LogP contribution in [0.2, 0.25) is 5.02 Å². The van der Waals surface area contributed by atoms with Crippen molar-refractivity contribution < 1.29 is 33.1 Å². The molecule has 4 atom stereocenters. The van der Waals surface area contributed by atoms with Gasteiger partial charge in [0.1, 0.15) is 35.4 Å². The molecule has 19 heteroatoms. The molecule has 0 bridgehead atoms. The minimum absolute atomic E-state index is 0.0410. The van der Waals surface area contributed by atoms with Gasteiger partial charge in [-0.3, -0.25) is 23.9 Å². The Balaban J connectivity index is 0.750. The first-order valence-electron chi connectivity index (χ1n) is 23.2. The summed E-state index contributed by atoms with van der Waals surface area (Å²) in [6, 6.07) is 16.0. The minimum atomic E-state index is -0.709. The number of thiophene rings is 1. The van der Waals surface area contributed by atoms with Gasteiger partial charge < -0.3 is 34.3 Å². The number of hydrogen-bond donors (Lipinski definition) is 2. The number of ether oxygens (including phenoxy) is 3. The second-order valence-electron chi connectivity index (χ2n) is 18.3. The van der Waals surface area contributed by atoms with Crippen molar-refractivity contribution >= 4 is 57.7 Å². The first-order valence-corrected chi connectivity index (χ1v) is 25.3. The molecule has 4 aromatic heterocycles. The van der Waals surface area contributed by atoms with Crippen molar-refractivity contribution in [3.63, 3.8) is 0 Å². The van der Waals surface area contributed by atoms with E-state index < -0.39 is 18.0 Å². The summed E-state index contributed by atoms with van der Waals surface area (Å²) in [5.74, 6) is 0.478. The maximum Gasteiger partial charge on any atom is 0.254 e. The number of aryl methyl sites for hydroxylation is 3. The monoisotopic (exact) mass is 993 g/mol. The van der Waals surface area contributed by atoms with Gasteiger partial charge in [0.25, 0.3) is 5.88 Å². The Kier molecular flexibility index (Phi) is 14.4. The van der Waals surface area contributed by atoms with Gasteiger partial charge in [-0.15, -0.1) is 32.9 Å². The molecule has 16 nitrogen and oxygen atoms in total. The lowest BCUT2D eigenvalue weighted by molar-refractivity contribution is -0.141. The van der Waals surface area contributed by atoms with Crippen LogP contribution in [-0.4, -0.2) is 104 Å². The highest BCUT2D eigenvalue weighted by molar-refractivity contribution is 7.15. The Hall–Kier alpha value is -5.79. The summed E-state index contributed by atoms with van der Waals surface area (Å²) < 4.78 is 25.4.